The largest absolute Gasteiger partial charge is 0.313 e. The third kappa shape index (κ3) is 7.33. The van der Waals surface area contributed by atoms with Crippen LogP contribution >= 0.6 is 27.7 Å². The molecule has 108 valence electrons. The molecule has 19 heavy (non-hydrogen) atoms. The lowest BCUT2D eigenvalue weighted by Crippen LogP contribution is -2.34. The van der Waals surface area contributed by atoms with Crippen molar-refractivity contribution in [2.45, 2.75) is 39.2 Å². The molecule has 0 aliphatic rings. The van der Waals surface area contributed by atoms with Gasteiger partial charge < -0.3 is 5.32 Å². The number of hydrogen-bond acceptors (Lipinski definition) is 2. The molecule has 0 spiro atoms. The van der Waals surface area contributed by atoms with E-state index in [2.05, 4.69) is 35.1 Å². The molecule has 1 atom stereocenters. The lowest BCUT2D eigenvalue weighted by molar-refractivity contribution is 0.547. The first-order valence-corrected chi connectivity index (χ1v) is 8.86. The highest BCUT2D eigenvalue weighted by atomic mass is 79.9. The van der Waals surface area contributed by atoms with Gasteiger partial charge in [-0.3, -0.25) is 0 Å². The van der Waals surface area contributed by atoms with Crippen LogP contribution in [0.3, 0.4) is 0 Å². The van der Waals surface area contributed by atoms with E-state index in [9.17, 15) is 4.39 Å². The number of benzene rings is 1. The summed E-state index contributed by atoms with van der Waals surface area (Å²) in [6.07, 6.45) is 3.21. The average molecular weight is 348 g/mol. The van der Waals surface area contributed by atoms with Crippen LogP contribution in [-0.4, -0.2) is 24.1 Å². The summed E-state index contributed by atoms with van der Waals surface area (Å²) in [7, 11) is 0. The summed E-state index contributed by atoms with van der Waals surface area (Å²) in [6.45, 7) is 5.39. The lowest BCUT2D eigenvalue weighted by Gasteiger charge is -2.18. The molecule has 0 aliphatic carbocycles. The molecule has 0 aliphatic heterocycles. The van der Waals surface area contributed by atoms with Gasteiger partial charge in [-0.15, -0.1) is 0 Å². The zero-order chi connectivity index (χ0) is 14.1. The molecule has 0 saturated heterocycles. The molecule has 1 unspecified atom stereocenters. The normalized spacial score (nSPS) is 12.6. The third-order valence-corrected chi connectivity index (χ3v) is 4.55. The van der Waals surface area contributed by atoms with E-state index in [0.717, 1.165) is 35.2 Å². The second kappa shape index (κ2) is 9.78. The Morgan fingerprint density at radius 2 is 2.05 bits per heavy atom. The highest BCUT2D eigenvalue weighted by molar-refractivity contribution is 9.10. The van der Waals surface area contributed by atoms with Gasteiger partial charge in [0.05, 0.1) is 0 Å². The molecule has 0 bridgehead atoms. The minimum atomic E-state index is -0.167. The molecule has 4 heteroatoms. The van der Waals surface area contributed by atoms with E-state index < -0.39 is 0 Å². The summed E-state index contributed by atoms with van der Waals surface area (Å²) in [5, 5.41) is 3.56. The maximum atomic E-state index is 13.4. The van der Waals surface area contributed by atoms with Crippen LogP contribution in [0.15, 0.2) is 22.7 Å². The van der Waals surface area contributed by atoms with E-state index in [-0.39, 0.29) is 5.82 Å². The highest BCUT2D eigenvalue weighted by Crippen LogP contribution is 2.17. The zero-order valence-electron chi connectivity index (χ0n) is 11.7. The summed E-state index contributed by atoms with van der Waals surface area (Å²) >= 11 is 5.33. The Labute approximate surface area is 128 Å². The van der Waals surface area contributed by atoms with Gasteiger partial charge in [-0.05, 0) is 55.3 Å². The van der Waals surface area contributed by atoms with Crippen molar-refractivity contribution in [1.82, 2.24) is 5.32 Å². The standard InChI is InChI=1S/C15H23BrFNS/c1-3-5-18-15(11-19-6-4-2)9-12-7-13(16)10-14(17)8-12/h7-8,10,15,18H,3-6,9,11H2,1-2H3. The van der Waals surface area contributed by atoms with Crippen molar-refractivity contribution >= 4 is 27.7 Å². The number of hydrogen-bond donors (Lipinski definition) is 1. The summed E-state index contributed by atoms with van der Waals surface area (Å²) < 4.78 is 14.2. The SMILES string of the molecule is CCCNC(CSCCC)Cc1cc(F)cc(Br)c1. The maximum absolute atomic E-state index is 13.4. The van der Waals surface area contributed by atoms with E-state index in [1.165, 1.54) is 18.2 Å². The van der Waals surface area contributed by atoms with Crippen LogP contribution in [0.25, 0.3) is 0 Å². The van der Waals surface area contributed by atoms with Gasteiger partial charge in [0.15, 0.2) is 0 Å². The van der Waals surface area contributed by atoms with Crippen LogP contribution in [-0.2, 0) is 6.42 Å². The van der Waals surface area contributed by atoms with Gasteiger partial charge in [0.1, 0.15) is 5.82 Å². The van der Waals surface area contributed by atoms with Gasteiger partial charge in [0.25, 0.3) is 0 Å². The molecular weight excluding hydrogens is 325 g/mol. The summed E-state index contributed by atoms with van der Waals surface area (Å²) in [6, 6.07) is 5.57. The smallest absolute Gasteiger partial charge is 0.124 e. The number of thioether (sulfide) groups is 1. The van der Waals surface area contributed by atoms with Crippen molar-refractivity contribution in [3.63, 3.8) is 0 Å². The lowest BCUT2D eigenvalue weighted by atomic mass is 10.1. The first kappa shape index (κ1) is 17.0. The van der Waals surface area contributed by atoms with Gasteiger partial charge >= 0.3 is 0 Å². The van der Waals surface area contributed by atoms with Gasteiger partial charge in [-0.25, -0.2) is 4.39 Å². The molecule has 1 rings (SSSR count). The number of rotatable bonds is 9. The van der Waals surface area contributed by atoms with Crippen LogP contribution < -0.4 is 5.32 Å². The predicted molar refractivity (Wildman–Crippen MR) is 87.5 cm³/mol. The molecule has 1 aromatic carbocycles. The maximum Gasteiger partial charge on any atom is 0.124 e. The van der Waals surface area contributed by atoms with Crippen LogP contribution in [0, 0.1) is 5.82 Å². The Morgan fingerprint density at radius 3 is 2.68 bits per heavy atom. The van der Waals surface area contributed by atoms with Crippen molar-refractivity contribution in [2.24, 2.45) is 0 Å². The van der Waals surface area contributed by atoms with Crippen LogP contribution in [0.5, 0.6) is 0 Å². The Bertz CT molecular complexity index is 353. The molecule has 0 heterocycles. The third-order valence-electron chi connectivity index (χ3n) is 2.75. The van der Waals surface area contributed by atoms with E-state index in [1.807, 2.05) is 17.8 Å². The quantitative estimate of drug-likeness (QED) is 0.653. The second-order valence-electron chi connectivity index (χ2n) is 4.71. The van der Waals surface area contributed by atoms with Crippen molar-refractivity contribution in [3.05, 3.63) is 34.1 Å². The molecule has 0 amide bonds. The summed E-state index contributed by atoms with van der Waals surface area (Å²) in [4.78, 5) is 0. The Hall–Kier alpha value is -0.0600. The van der Waals surface area contributed by atoms with Crippen LogP contribution in [0.4, 0.5) is 4.39 Å². The fourth-order valence-electron chi connectivity index (χ4n) is 1.92. The van der Waals surface area contributed by atoms with E-state index in [1.54, 1.807) is 6.07 Å². The van der Waals surface area contributed by atoms with Crippen molar-refractivity contribution in [2.75, 3.05) is 18.1 Å². The van der Waals surface area contributed by atoms with Crippen molar-refractivity contribution in [1.29, 1.82) is 0 Å². The first-order chi connectivity index (χ1) is 9.15. The number of halogens is 2. The molecule has 0 radical (unpaired) electrons. The number of nitrogens with one attached hydrogen (secondary N) is 1. The Balaban J connectivity index is 2.58. The van der Waals surface area contributed by atoms with E-state index in [4.69, 9.17) is 0 Å². The van der Waals surface area contributed by atoms with Gasteiger partial charge in [-0.2, -0.15) is 11.8 Å². The minimum absolute atomic E-state index is 0.167. The molecule has 0 aromatic heterocycles. The van der Waals surface area contributed by atoms with Gasteiger partial charge in [0, 0.05) is 16.3 Å². The van der Waals surface area contributed by atoms with E-state index in [0.29, 0.717) is 6.04 Å². The van der Waals surface area contributed by atoms with Gasteiger partial charge in [-0.1, -0.05) is 29.8 Å². The molecule has 0 saturated carbocycles. The monoisotopic (exact) mass is 347 g/mol. The predicted octanol–water partition coefficient (Wildman–Crippen LogP) is 4.64. The molecular formula is C15H23BrFNS. The Kier molecular flexibility index (Phi) is 8.75. The van der Waals surface area contributed by atoms with Crippen molar-refractivity contribution < 1.29 is 4.39 Å². The Morgan fingerprint density at radius 1 is 1.26 bits per heavy atom. The zero-order valence-corrected chi connectivity index (χ0v) is 14.1. The fourth-order valence-corrected chi connectivity index (χ4v) is 3.41. The van der Waals surface area contributed by atoms with E-state index >= 15 is 0 Å². The average Bonchev–Trinajstić information content (AvgIpc) is 2.34. The fraction of sp³-hybridized carbons (Fsp3) is 0.600. The molecule has 0 fully saturated rings. The molecule has 1 nitrogen and oxygen atoms in total. The van der Waals surface area contributed by atoms with Gasteiger partial charge in [0.2, 0.25) is 0 Å². The van der Waals surface area contributed by atoms with Crippen LogP contribution in [0.1, 0.15) is 32.3 Å². The highest BCUT2D eigenvalue weighted by Gasteiger charge is 2.10. The summed E-state index contributed by atoms with van der Waals surface area (Å²) in [5.41, 5.74) is 1.05. The summed E-state index contributed by atoms with van der Waals surface area (Å²) in [5.74, 6) is 2.11. The molecule has 1 N–H and O–H groups in total. The molecule has 1 aromatic rings. The minimum Gasteiger partial charge on any atom is -0.313 e. The van der Waals surface area contributed by atoms with Crippen molar-refractivity contribution in [3.8, 4) is 0 Å². The van der Waals surface area contributed by atoms with Crippen LogP contribution in [0.2, 0.25) is 0 Å². The topological polar surface area (TPSA) is 12.0 Å². The second-order valence-corrected chi connectivity index (χ2v) is 6.77. The first-order valence-electron chi connectivity index (χ1n) is 6.91.